The molecule has 0 spiro atoms. The van der Waals surface area contributed by atoms with E-state index in [2.05, 4.69) is 11.0 Å². The number of nitrogens with zero attached hydrogens (tertiary/aromatic N) is 4. The number of piperidine rings is 1. The zero-order valence-electron chi connectivity index (χ0n) is 18.5. The Hall–Kier alpha value is -2.37. The second-order valence-electron chi connectivity index (χ2n) is 9.00. The fraction of sp³-hybridized carbons (Fsp3) is 0.696. The lowest BCUT2D eigenvalue weighted by Crippen LogP contribution is -2.59. The maximum Gasteiger partial charge on any atom is 0.314 e. The number of esters is 1. The van der Waals surface area contributed by atoms with Crippen LogP contribution < -0.4 is 0 Å². The van der Waals surface area contributed by atoms with Crippen molar-refractivity contribution in [2.24, 2.45) is 18.4 Å². The van der Waals surface area contributed by atoms with Crippen LogP contribution in [0.3, 0.4) is 0 Å². The van der Waals surface area contributed by atoms with Crippen molar-refractivity contribution >= 4 is 11.9 Å². The van der Waals surface area contributed by atoms with Crippen LogP contribution in [0.5, 0.6) is 0 Å². The van der Waals surface area contributed by atoms with Crippen molar-refractivity contribution in [1.29, 1.82) is 5.26 Å². The van der Waals surface area contributed by atoms with E-state index in [0.29, 0.717) is 37.0 Å². The third-order valence-electron chi connectivity index (χ3n) is 7.37. The molecule has 1 aromatic rings. The minimum atomic E-state index is -0.643. The predicted octanol–water partition coefficient (Wildman–Crippen LogP) is 1.79. The van der Waals surface area contributed by atoms with E-state index in [1.54, 1.807) is 28.8 Å². The lowest BCUT2D eigenvalue weighted by molar-refractivity contribution is -0.168. The van der Waals surface area contributed by atoms with Crippen LogP contribution in [0.25, 0.3) is 0 Å². The van der Waals surface area contributed by atoms with Gasteiger partial charge in [0.15, 0.2) is 0 Å². The molecule has 0 unspecified atom stereocenters. The highest BCUT2D eigenvalue weighted by Gasteiger charge is 2.54. The second kappa shape index (κ2) is 9.01. The highest BCUT2D eigenvalue weighted by atomic mass is 16.5. The Bertz CT molecular complexity index is 869. The SMILES string of the molecule is CCOC(=O)[C@@]12CC[C@H](N3CCOCC3)C[C@H]1CCN(C(=O)c1cc(C#N)cn1C)C2. The van der Waals surface area contributed by atoms with E-state index in [1.807, 2.05) is 6.92 Å². The van der Waals surface area contributed by atoms with Gasteiger partial charge in [-0.1, -0.05) is 0 Å². The van der Waals surface area contributed by atoms with E-state index in [0.717, 1.165) is 52.0 Å². The number of ether oxygens (including phenoxy) is 2. The number of hydrogen-bond donors (Lipinski definition) is 0. The van der Waals surface area contributed by atoms with Gasteiger partial charge in [0.05, 0.1) is 30.8 Å². The van der Waals surface area contributed by atoms with E-state index >= 15 is 0 Å². The molecule has 31 heavy (non-hydrogen) atoms. The molecule has 8 nitrogen and oxygen atoms in total. The minimum Gasteiger partial charge on any atom is -0.466 e. The Balaban J connectivity index is 1.54. The number of hydrogen-bond acceptors (Lipinski definition) is 6. The lowest BCUT2D eigenvalue weighted by Gasteiger charge is -2.52. The maximum atomic E-state index is 13.3. The lowest BCUT2D eigenvalue weighted by atomic mass is 9.61. The molecule has 0 aromatic carbocycles. The Morgan fingerprint density at radius 2 is 2.06 bits per heavy atom. The summed E-state index contributed by atoms with van der Waals surface area (Å²) < 4.78 is 12.7. The highest BCUT2D eigenvalue weighted by molar-refractivity contribution is 5.94. The molecule has 3 aliphatic rings. The number of carbonyl (C=O) groups excluding carboxylic acids is 2. The van der Waals surface area contributed by atoms with Gasteiger partial charge in [0.2, 0.25) is 0 Å². The third-order valence-corrected chi connectivity index (χ3v) is 7.37. The number of aryl methyl sites for hydroxylation is 1. The molecule has 0 N–H and O–H groups in total. The van der Waals surface area contributed by atoms with Crippen LogP contribution in [-0.4, -0.2) is 78.3 Å². The van der Waals surface area contributed by atoms with E-state index in [4.69, 9.17) is 14.7 Å². The van der Waals surface area contributed by atoms with E-state index < -0.39 is 5.41 Å². The Morgan fingerprint density at radius 3 is 2.74 bits per heavy atom. The normalized spacial score (nSPS) is 29.1. The molecule has 3 heterocycles. The molecule has 3 fully saturated rings. The van der Waals surface area contributed by atoms with Gasteiger partial charge in [0, 0.05) is 45.5 Å². The number of rotatable bonds is 4. The van der Waals surface area contributed by atoms with Gasteiger partial charge in [0.1, 0.15) is 11.8 Å². The fourth-order valence-electron chi connectivity index (χ4n) is 5.69. The molecule has 2 saturated heterocycles. The highest BCUT2D eigenvalue weighted by Crippen LogP contribution is 2.48. The zero-order chi connectivity index (χ0) is 22.0. The van der Waals surface area contributed by atoms with Gasteiger partial charge in [-0.2, -0.15) is 5.26 Å². The average Bonchev–Trinajstić information content (AvgIpc) is 3.19. The molecule has 2 aliphatic heterocycles. The quantitative estimate of drug-likeness (QED) is 0.680. The molecule has 0 bridgehead atoms. The molecule has 1 aliphatic carbocycles. The summed E-state index contributed by atoms with van der Waals surface area (Å²) in [6.07, 6.45) is 5.08. The van der Waals surface area contributed by atoms with Gasteiger partial charge in [-0.15, -0.1) is 0 Å². The van der Waals surface area contributed by atoms with Gasteiger partial charge in [-0.3, -0.25) is 14.5 Å². The van der Waals surface area contributed by atoms with Crippen molar-refractivity contribution < 1.29 is 19.1 Å². The Morgan fingerprint density at radius 1 is 1.29 bits per heavy atom. The van der Waals surface area contributed by atoms with Crippen molar-refractivity contribution in [2.45, 2.75) is 38.6 Å². The number of carbonyl (C=O) groups is 2. The average molecular weight is 429 g/mol. The summed E-state index contributed by atoms with van der Waals surface area (Å²) >= 11 is 0. The van der Waals surface area contributed by atoms with Crippen molar-refractivity contribution in [3.05, 3.63) is 23.5 Å². The second-order valence-corrected chi connectivity index (χ2v) is 9.00. The number of morpholine rings is 1. The molecule has 0 radical (unpaired) electrons. The summed E-state index contributed by atoms with van der Waals surface area (Å²) in [6, 6.07) is 4.18. The first kappa shape index (κ1) is 21.8. The van der Waals surface area contributed by atoms with E-state index in [-0.39, 0.29) is 17.8 Å². The third kappa shape index (κ3) is 4.09. The van der Waals surface area contributed by atoms with Gasteiger partial charge < -0.3 is 18.9 Å². The number of aromatic nitrogens is 1. The van der Waals surface area contributed by atoms with Crippen LogP contribution in [0.1, 0.15) is 48.7 Å². The summed E-state index contributed by atoms with van der Waals surface area (Å²) in [7, 11) is 1.77. The van der Waals surface area contributed by atoms with Crippen LogP contribution in [0, 0.1) is 22.7 Å². The summed E-state index contributed by atoms with van der Waals surface area (Å²) in [5.74, 6) is -0.0794. The summed E-state index contributed by atoms with van der Waals surface area (Å²) in [5.41, 5.74) is 0.304. The smallest absolute Gasteiger partial charge is 0.314 e. The van der Waals surface area contributed by atoms with Crippen LogP contribution in [0.4, 0.5) is 0 Å². The molecule has 1 amide bonds. The van der Waals surface area contributed by atoms with Gasteiger partial charge >= 0.3 is 5.97 Å². The molecular weight excluding hydrogens is 396 g/mol. The van der Waals surface area contributed by atoms with Crippen molar-refractivity contribution in [3.8, 4) is 6.07 Å². The first-order chi connectivity index (χ1) is 15.0. The van der Waals surface area contributed by atoms with Crippen LogP contribution in [0.15, 0.2) is 12.3 Å². The zero-order valence-corrected chi connectivity index (χ0v) is 18.5. The largest absolute Gasteiger partial charge is 0.466 e. The summed E-state index contributed by atoms with van der Waals surface area (Å²) in [5, 5.41) is 9.17. The fourth-order valence-corrected chi connectivity index (χ4v) is 5.69. The standard InChI is InChI=1S/C23H32N4O4/c1-3-31-22(29)23-6-4-19(26-8-10-30-11-9-26)13-18(23)5-7-27(16-23)21(28)20-12-17(14-24)15-25(20)2/h12,15,18-19H,3-11,13,16H2,1-2H3/t18-,19+,23-/m1/s1. The summed E-state index contributed by atoms with van der Waals surface area (Å²) in [4.78, 5) is 30.8. The van der Waals surface area contributed by atoms with Gasteiger partial charge in [-0.05, 0) is 44.6 Å². The Kier molecular flexibility index (Phi) is 6.35. The maximum absolute atomic E-state index is 13.3. The molecule has 8 heteroatoms. The first-order valence-electron chi connectivity index (χ1n) is 11.3. The van der Waals surface area contributed by atoms with E-state index in [1.165, 1.54) is 0 Å². The Labute approximate surface area is 183 Å². The van der Waals surface area contributed by atoms with Crippen molar-refractivity contribution in [1.82, 2.24) is 14.4 Å². The molecule has 3 atom stereocenters. The molecule has 1 aromatic heterocycles. The minimum absolute atomic E-state index is 0.124. The van der Waals surface area contributed by atoms with E-state index in [9.17, 15) is 9.59 Å². The number of nitriles is 1. The van der Waals surface area contributed by atoms with Crippen LogP contribution >= 0.6 is 0 Å². The van der Waals surface area contributed by atoms with Crippen LogP contribution in [0.2, 0.25) is 0 Å². The molecule has 1 saturated carbocycles. The predicted molar refractivity (Wildman–Crippen MR) is 113 cm³/mol. The molecular formula is C23H32N4O4. The molecule has 168 valence electrons. The first-order valence-corrected chi connectivity index (χ1v) is 11.3. The van der Waals surface area contributed by atoms with Crippen molar-refractivity contribution in [2.75, 3.05) is 46.0 Å². The topological polar surface area (TPSA) is 87.8 Å². The molecule has 4 rings (SSSR count). The summed E-state index contributed by atoms with van der Waals surface area (Å²) in [6.45, 7) is 6.62. The number of amides is 1. The number of likely N-dealkylation sites (tertiary alicyclic amines) is 1. The monoisotopic (exact) mass is 428 g/mol. The van der Waals surface area contributed by atoms with Gasteiger partial charge in [-0.25, -0.2) is 0 Å². The van der Waals surface area contributed by atoms with Crippen LogP contribution in [-0.2, 0) is 21.3 Å². The van der Waals surface area contributed by atoms with Gasteiger partial charge in [0.25, 0.3) is 5.91 Å². The number of fused-ring (bicyclic) bond motifs is 1. The van der Waals surface area contributed by atoms with Crippen molar-refractivity contribution in [3.63, 3.8) is 0 Å².